The molecule has 2 unspecified atom stereocenters. The van der Waals surface area contributed by atoms with Gasteiger partial charge in [0.2, 0.25) is 0 Å². The van der Waals surface area contributed by atoms with Gasteiger partial charge in [0.1, 0.15) is 5.76 Å². The summed E-state index contributed by atoms with van der Waals surface area (Å²) in [5.41, 5.74) is 8.98. The number of methoxy groups -OCH3 is 1. The monoisotopic (exact) mass is 563 g/mol. The molecule has 0 saturated heterocycles. The molecule has 0 bridgehead atoms. The van der Waals surface area contributed by atoms with E-state index in [4.69, 9.17) is 4.74 Å². The number of hydrogen-bond donors (Lipinski definition) is 3. The van der Waals surface area contributed by atoms with E-state index < -0.39 is 11.8 Å². The molecule has 7 rings (SSSR count). The van der Waals surface area contributed by atoms with E-state index >= 15 is 0 Å². The lowest BCUT2D eigenvalue weighted by Gasteiger charge is -2.30. The summed E-state index contributed by atoms with van der Waals surface area (Å²) < 4.78 is 5.04. The summed E-state index contributed by atoms with van der Waals surface area (Å²) >= 11 is 0. The van der Waals surface area contributed by atoms with Gasteiger partial charge in [-0.3, -0.25) is 14.4 Å². The second-order valence-electron chi connectivity index (χ2n) is 11.9. The highest BCUT2D eigenvalue weighted by Crippen LogP contribution is 2.50. The van der Waals surface area contributed by atoms with Crippen LogP contribution >= 0.6 is 0 Å². The Balaban J connectivity index is 1.23. The zero-order chi connectivity index (χ0) is 29.1. The fourth-order valence-corrected chi connectivity index (χ4v) is 7.11. The molecule has 42 heavy (non-hydrogen) atoms. The average molecular weight is 564 g/mol. The van der Waals surface area contributed by atoms with E-state index in [2.05, 4.69) is 5.32 Å². The number of anilines is 2. The molecule has 0 aliphatic heterocycles. The molecule has 2 atom stereocenters. The quantitative estimate of drug-likeness (QED) is 0.198. The van der Waals surface area contributed by atoms with Crippen LogP contribution in [0.2, 0.25) is 0 Å². The molecule has 7 nitrogen and oxygen atoms in total. The van der Waals surface area contributed by atoms with Gasteiger partial charge in [-0.2, -0.15) is 0 Å². The first-order chi connectivity index (χ1) is 20.4. The van der Waals surface area contributed by atoms with E-state index in [-0.39, 0.29) is 23.3 Å². The first-order valence-corrected chi connectivity index (χ1v) is 14.9. The summed E-state index contributed by atoms with van der Waals surface area (Å²) in [6.07, 6.45) is 8.57. The number of carbonyl (C=O) groups excluding carboxylic acids is 3. The predicted molar refractivity (Wildman–Crippen MR) is 160 cm³/mol. The Hall–Kier alpha value is -4.39. The van der Waals surface area contributed by atoms with Crippen LogP contribution in [0.3, 0.4) is 0 Å². The van der Waals surface area contributed by atoms with Gasteiger partial charge in [-0.15, -0.1) is 0 Å². The molecule has 0 radical (unpaired) electrons. The van der Waals surface area contributed by atoms with Crippen LogP contribution in [0.5, 0.6) is 0 Å². The Morgan fingerprint density at radius 1 is 0.833 bits per heavy atom. The van der Waals surface area contributed by atoms with Gasteiger partial charge in [0.05, 0.1) is 30.4 Å². The lowest BCUT2D eigenvalue weighted by molar-refractivity contribution is -0.150. The van der Waals surface area contributed by atoms with Gasteiger partial charge in [-0.25, -0.2) is 0 Å². The number of benzene rings is 2. The Bertz CT molecular complexity index is 1690. The van der Waals surface area contributed by atoms with Crippen LogP contribution in [0.4, 0.5) is 11.4 Å². The molecule has 0 spiro atoms. The van der Waals surface area contributed by atoms with Crippen molar-refractivity contribution < 1.29 is 29.3 Å². The molecule has 7 heteroatoms. The Morgan fingerprint density at radius 3 is 2.05 bits per heavy atom. The third kappa shape index (κ3) is 4.13. The van der Waals surface area contributed by atoms with Gasteiger partial charge < -0.3 is 20.3 Å². The Kier molecular flexibility index (Phi) is 6.41. The smallest absolute Gasteiger partial charge is 0.309 e. The zero-order valence-corrected chi connectivity index (χ0v) is 23.6. The Labute approximate surface area is 244 Å². The average Bonchev–Trinajstić information content (AvgIpc) is 3.73. The number of aliphatic hydroxyl groups is 2. The van der Waals surface area contributed by atoms with Crippen molar-refractivity contribution in [2.45, 2.75) is 57.8 Å². The van der Waals surface area contributed by atoms with E-state index in [0.717, 1.165) is 73.5 Å². The molecular formula is C35H33NO6. The third-order valence-corrected chi connectivity index (χ3v) is 9.51. The van der Waals surface area contributed by atoms with Crippen LogP contribution in [-0.4, -0.2) is 34.9 Å². The first-order valence-electron chi connectivity index (χ1n) is 14.9. The van der Waals surface area contributed by atoms with Crippen molar-refractivity contribution in [2.75, 3.05) is 12.4 Å². The van der Waals surface area contributed by atoms with Gasteiger partial charge in [0.15, 0.2) is 11.6 Å². The number of Topliss-reactive ketones (excluding diaryl/α,β-unsaturated/α-hetero) is 2. The number of aliphatic hydroxyl groups excluding tert-OH is 2. The minimum atomic E-state index is -0.511. The van der Waals surface area contributed by atoms with E-state index in [1.54, 1.807) is 6.07 Å². The summed E-state index contributed by atoms with van der Waals surface area (Å²) in [5.74, 6) is -1.76. The van der Waals surface area contributed by atoms with Crippen LogP contribution in [0.15, 0.2) is 65.0 Å². The summed E-state index contributed by atoms with van der Waals surface area (Å²) in [6, 6.07) is 11.3. The first kappa shape index (κ1) is 26.5. The van der Waals surface area contributed by atoms with Gasteiger partial charge in [0, 0.05) is 28.4 Å². The topological polar surface area (TPSA) is 113 Å². The molecule has 0 heterocycles. The highest BCUT2D eigenvalue weighted by molar-refractivity contribution is 6.27. The molecule has 0 amide bonds. The van der Waals surface area contributed by atoms with Crippen molar-refractivity contribution in [3.63, 3.8) is 0 Å². The normalized spacial score (nSPS) is 23.6. The number of nitrogens with one attached hydrogen (secondary N) is 1. The van der Waals surface area contributed by atoms with Crippen molar-refractivity contribution >= 4 is 45.8 Å². The van der Waals surface area contributed by atoms with Crippen molar-refractivity contribution in [3.05, 3.63) is 87.2 Å². The molecule has 2 aromatic carbocycles. The minimum Gasteiger partial charge on any atom is -0.515 e. The highest BCUT2D eigenvalue weighted by Gasteiger charge is 2.43. The lowest BCUT2D eigenvalue weighted by Crippen LogP contribution is -2.34. The largest absolute Gasteiger partial charge is 0.515 e. The van der Waals surface area contributed by atoms with Crippen molar-refractivity contribution in [1.29, 1.82) is 0 Å². The Morgan fingerprint density at radius 2 is 1.45 bits per heavy atom. The van der Waals surface area contributed by atoms with E-state index in [0.29, 0.717) is 46.5 Å². The summed E-state index contributed by atoms with van der Waals surface area (Å²) in [6.45, 7) is 0. The van der Waals surface area contributed by atoms with Crippen LogP contribution in [-0.2, 0) is 14.3 Å². The van der Waals surface area contributed by atoms with Crippen LogP contribution in [0.25, 0.3) is 16.9 Å². The molecule has 5 aliphatic carbocycles. The number of esters is 1. The molecule has 3 saturated carbocycles. The lowest BCUT2D eigenvalue weighted by atomic mass is 9.73. The summed E-state index contributed by atoms with van der Waals surface area (Å²) in [7, 11) is 1.36. The maximum Gasteiger partial charge on any atom is 0.309 e. The molecule has 3 N–H and O–H groups in total. The summed E-state index contributed by atoms with van der Waals surface area (Å²) in [4.78, 5) is 39.7. The van der Waals surface area contributed by atoms with Crippen LogP contribution < -0.4 is 5.32 Å². The predicted octanol–water partition coefficient (Wildman–Crippen LogP) is 7.38. The number of ketones is 2. The van der Waals surface area contributed by atoms with Crippen LogP contribution in [0.1, 0.15) is 84.8 Å². The highest BCUT2D eigenvalue weighted by atomic mass is 16.5. The van der Waals surface area contributed by atoms with E-state index in [1.807, 2.05) is 30.3 Å². The molecule has 2 aromatic rings. The molecule has 5 aliphatic rings. The maximum absolute atomic E-state index is 14.1. The van der Waals surface area contributed by atoms with Gasteiger partial charge in [-0.05, 0) is 91.5 Å². The van der Waals surface area contributed by atoms with Gasteiger partial charge in [-0.1, -0.05) is 36.1 Å². The maximum atomic E-state index is 14.1. The second kappa shape index (κ2) is 10.2. The summed E-state index contributed by atoms with van der Waals surface area (Å²) in [5, 5.41) is 24.7. The SMILES string of the molecule is COC(=O)C1CCCCC1C(=O)C1=C(O)c2cc(Nc3ccc4c(c3)C(=O)/C(=C\O)C4=C3CC3)ccc2C1=C1CCC1. The minimum absolute atomic E-state index is 0.0372. The number of fused-ring (bicyclic) bond motifs is 2. The fourth-order valence-electron chi connectivity index (χ4n) is 7.11. The van der Waals surface area contributed by atoms with Crippen molar-refractivity contribution in [1.82, 2.24) is 0 Å². The molecule has 3 fully saturated rings. The van der Waals surface area contributed by atoms with Gasteiger partial charge in [0.25, 0.3) is 0 Å². The van der Waals surface area contributed by atoms with Crippen molar-refractivity contribution in [2.24, 2.45) is 11.8 Å². The van der Waals surface area contributed by atoms with Gasteiger partial charge >= 0.3 is 5.97 Å². The number of rotatable bonds is 5. The molecular weight excluding hydrogens is 530 g/mol. The molecule has 0 aromatic heterocycles. The number of carbonyl (C=O) groups is 3. The third-order valence-electron chi connectivity index (χ3n) is 9.51. The van der Waals surface area contributed by atoms with Crippen molar-refractivity contribution in [3.8, 4) is 0 Å². The van der Waals surface area contributed by atoms with E-state index in [9.17, 15) is 24.6 Å². The zero-order valence-electron chi connectivity index (χ0n) is 23.6. The second-order valence-corrected chi connectivity index (χ2v) is 11.9. The fraction of sp³-hybridized carbons (Fsp3) is 0.343. The van der Waals surface area contributed by atoms with Crippen LogP contribution in [0, 0.1) is 11.8 Å². The number of allylic oxidation sites excluding steroid dienone is 6. The molecule has 214 valence electrons. The standard InChI is InChI=1S/C35H33NO6/c1-42-35(41)25-8-3-2-7-24(25)33(39)31-30(18-5-4-6-18)23-14-12-21(16-27(23)34(31)40)36-20-11-13-22-26(15-20)32(38)28(17-37)29(22)19-9-10-19/h11-17,24-25,36-37,40H,2-10H2,1H3/b28-17-. The number of ether oxygens (including phenoxy) is 1. The number of hydrogen-bond acceptors (Lipinski definition) is 7. The van der Waals surface area contributed by atoms with E-state index in [1.165, 1.54) is 18.3 Å².